The zero-order chi connectivity index (χ0) is 51.8. The van der Waals surface area contributed by atoms with Crippen molar-refractivity contribution in [1.29, 1.82) is 0 Å². The van der Waals surface area contributed by atoms with Gasteiger partial charge in [-0.3, -0.25) is 9.13 Å². The van der Waals surface area contributed by atoms with Crippen molar-refractivity contribution in [1.82, 2.24) is 29.1 Å². The van der Waals surface area contributed by atoms with Gasteiger partial charge in [-0.05, 0) is 116 Å². The summed E-state index contributed by atoms with van der Waals surface area (Å²) >= 11 is 0. The van der Waals surface area contributed by atoms with Crippen LogP contribution in [0.1, 0.15) is 6.92 Å². The maximum absolute atomic E-state index is 6.24. The largest absolute Gasteiger partial charge is 0.278 e. The van der Waals surface area contributed by atoms with Gasteiger partial charge in [-0.2, -0.15) is 15.0 Å². The van der Waals surface area contributed by atoms with E-state index < -0.39 is 20.1 Å². The number of para-hydroxylation sites is 4. The van der Waals surface area contributed by atoms with Gasteiger partial charge in [0, 0.05) is 56.5 Å². The molecule has 0 saturated heterocycles. The second-order valence-electron chi connectivity index (χ2n) is 18.5. The SMILES string of the molecule is C#C/C=C\C(=C/C)S(c1ccccc1)(c1ccccc1)c1cc(-c2nc(-n3c4ccccc4c4ccccc43)nc(-n3c4ccccc4c4ccccc43)n2)cc(S(c2ccccc2)(c2ccccc2)c2ccccc2)n1. The Bertz CT molecular complexity index is 4040. The molecule has 6 nitrogen and oxygen atoms in total. The molecule has 0 unspecified atom stereocenters. The van der Waals surface area contributed by atoms with E-state index in [-0.39, 0.29) is 0 Å². The molecule has 0 spiro atoms. The second kappa shape index (κ2) is 20.0. The third kappa shape index (κ3) is 7.78. The molecule has 0 aliphatic rings. The van der Waals surface area contributed by atoms with E-state index in [1.807, 2.05) is 6.08 Å². The summed E-state index contributed by atoms with van der Waals surface area (Å²) in [6.45, 7) is 2.10. The molecule has 4 aromatic heterocycles. The number of hydrogen-bond donors (Lipinski definition) is 0. The maximum Gasteiger partial charge on any atom is 0.240 e. The first-order valence-corrected chi connectivity index (χ1v) is 28.9. The van der Waals surface area contributed by atoms with Crippen molar-refractivity contribution in [3.63, 3.8) is 0 Å². The number of nitrogens with zero attached hydrogens (tertiary/aromatic N) is 6. The molecule has 0 atom stereocenters. The molecule has 0 aliphatic heterocycles. The number of hydrogen-bond acceptors (Lipinski definition) is 4. The van der Waals surface area contributed by atoms with Crippen LogP contribution < -0.4 is 0 Å². The first kappa shape index (κ1) is 47.2. The van der Waals surface area contributed by atoms with Crippen LogP contribution in [0.5, 0.6) is 0 Å². The number of terminal acetylenes is 1. The molecule has 4 heterocycles. The zero-order valence-corrected chi connectivity index (χ0v) is 43.8. The average molecular weight is 1030 g/mol. The predicted octanol–water partition coefficient (Wildman–Crippen LogP) is 17.8. The quantitative estimate of drug-likeness (QED) is 0.0904. The molecule has 9 aromatic carbocycles. The van der Waals surface area contributed by atoms with Gasteiger partial charge < -0.3 is 0 Å². The third-order valence-corrected chi connectivity index (χ3v) is 21.9. The fourth-order valence-corrected chi connectivity index (χ4v) is 18.7. The Morgan fingerprint density at radius 2 is 0.740 bits per heavy atom. The lowest BCUT2D eigenvalue weighted by molar-refractivity contribution is 0.888. The zero-order valence-electron chi connectivity index (χ0n) is 42.1. The smallest absolute Gasteiger partial charge is 0.240 e. The van der Waals surface area contributed by atoms with Crippen molar-refractivity contribution in [2.24, 2.45) is 0 Å². The van der Waals surface area contributed by atoms with Crippen LogP contribution in [0.25, 0.3) is 66.9 Å². The first-order valence-electron chi connectivity index (χ1n) is 25.6. The van der Waals surface area contributed by atoms with E-state index in [0.29, 0.717) is 17.7 Å². The minimum absolute atomic E-state index is 0.493. The molecule has 0 radical (unpaired) electrons. The molecule has 0 amide bonds. The van der Waals surface area contributed by atoms with Gasteiger partial charge in [0.15, 0.2) is 5.82 Å². The third-order valence-electron chi connectivity index (χ3n) is 14.3. The summed E-state index contributed by atoms with van der Waals surface area (Å²) in [5.74, 6) is 4.31. The van der Waals surface area contributed by atoms with Gasteiger partial charge in [0.2, 0.25) is 11.9 Å². The van der Waals surface area contributed by atoms with E-state index in [2.05, 4.69) is 295 Å². The fourth-order valence-electron chi connectivity index (χ4n) is 11.1. The van der Waals surface area contributed by atoms with E-state index in [9.17, 15) is 0 Å². The number of benzene rings is 9. The van der Waals surface area contributed by atoms with Gasteiger partial charge >= 0.3 is 0 Å². The fraction of sp³-hybridized carbons (Fsp3) is 0.0145. The van der Waals surface area contributed by atoms with Crippen LogP contribution >= 0.6 is 20.1 Å². The monoisotopic (exact) mass is 1030 g/mol. The van der Waals surface area contributed by atoms with E-state index in [4.69, 9.17) is 26.4 Å². The van der Waals surface area contributed by atoms with E-state index >= 15 is 0 Å². The Morgan fingerprint density at radius 3 is 1.10 bits per heavy atom. The summed E-state index contributed by atoms with van der Waals surface area (Å²) < 4.78 is 4.38. The van der Waals surface area contributed by atoms with Crippen LogP contribution in [0.4, 0.5) is 0 Å². The maximum atomic E-state index is 6.24. The molecule has 13 rings (SSSR count). The van der Waals surface area contributed by atoms with Gasteiger partial charge in [0.25, 0.3) is 0 Å². The molecule has 13 aromatic rings. The van der Waals surface area contributed by atoms with Crippen LogP contribution in [0.2, 0.25) is 0 Å². The van der Waals surface area contributed by atoms with Crippen molar-refractivity contribution in [2.45, 2.75) is 41.5 Å². The summed E-state index contributed by atoms with van der Waals surface area (Å²) in [6, 6.07) is 92.8. The van der Waals surface area contributed by atoms with Crippen molar-refractivity contribution in [3.05, 3.63) is 284 Å². The van der Waals surface area contributed by atoms with Gasteiger partial charge in [0.05, 0.1) is 32.1 Å². The van der Waals surface area contributed by atoms with Gasteiger partial charge in [0.1, 0.15) is 0 Å². The van der Waals surface area contributed by atoms with Crippen molar-refractivity contribution in [3.8, 4) is 35.6 Å². The predicted molar refractivity (Wildman–Crippen MR) is 319 cm³/mol. The van der Waals surface area contributed by atoms with Gasteiger partial charge in [-0.1, -0.05) is 176 Å². The number of aromatic nitrogens is 6. The first-order chi connectivity index (χ1) is 38.1. The second-order valence-corrected chi connectivity index (χ2v) is 24.6. The Labute approximate surface area is 451 Å². The lowest BCUT2D eigenvalue weighted by Crippen LogP contribution is -2.13. The molecular weight excluding hydrogens is 977 g/mol. The molecule has 0 fully saturated rings. The minimum atomic E-state index is -2.48. The highest BCUT2D eigenvalue weighted by Crippen LogP contribution is 2.77. The van der Waals surface area contributed by atoms with Gasteiger partial charge in [-0.25, -0.2) is 4.98 Å². The topological polar surface area (TPSA) is 61.4 Å². The van der Waals surface area contributed by atoms with Crippen LogP contribution in [0.3, 0.4) is 0 Å². The molecule has 8 heteroatoms. The molecular formula is C69H50N6S2. The molecule has 77 heavy (non-hydrogen) atoms. The Hall–Kier alpha value is -9.52. The lowest BCUT2D eigenvalue weighted by Gasteiger charge is -2.44. The van der Waals surface area contributed by atoms with Crippen molar-refractivity contribution >= 4 is 63.7 Å². The van der Waals surface area contributed by atoms with Crippen LogP contribution in [0, 0.1) is 12.3 Å². The Balaban J connectivity index is 1.24. The van der Waals surface area contributed by atoms with Crippen LogP contribution in [-0.4, -0.2) is 29.1 Å². The molecule has 368 valence electrons. The minimum Gasteiger partial charge on any atom is -0.278 e. The lowest BCUT2D eigenvalue weighted by atomic mass is 10.2. The standard InChI is InChI=1S/C69H50N6S2/c1-3-5-29-51(4-2)76(52-30-11-6-12-31-52,53-32-13-7-14-33-53)65-48-50(49-66(70-65)77(54-34-15-8-16-35-54,55-36-17-9-18-37-55)56-38-19-10-20-39-56)67-71-68(74-61-44-25-21-40-57(61)58-41-22-26-45-62(58)74)73-69(72-67)75-63-46-27-23-42-59(63)60-43-24-28-47-64(60)75/h1,4-49H,2H3/b29-5-,51-4+. The summed E-state index contributed by atoms with van der Waals surface area (Å²) in [5, 5.41) is 6.17. The Morgan fingerprint density at radius 1 is 0.403 bits per heavy atom. The number of allylic oxidation sites excluding steroid dienone is 3. The molecule has 0 bridgehead atoms. The highest BCUT2D eigenvalue weighted by Gasteiger charge is 2.40. The Kier molecular flexibility index (Phi) is 12.2. The van der Waals surface area contributed by atoms with E-state index in [0.717, 1.165) is 88.6 Å². The van der Waals surface area contributed by atoms with Crippen LogP contribution in [-0.2, 0) is 0 Å². The molecule has 0 aliphatic carbocycles. The summed E-state index contributed by atoms with van der Waals surface area (Å²) in [6.07, 6.45) is 12.2. The summed E-state index contributed by atoms with van der Waals surface area (Å²) in [7, 11) is -4.89. The van der Waals surface area contributed by atoms with Crippen LogP contribution in [0.15, 0.2) is 319 Å². The van der Waals surface area contributed by atoms with E-state index in [1.165, 1.54) is 0 Å². The number of pyridine rings is 1. The summed E-state index contributed by atoms with van der Waals surface area (Å²) in [5.41, 5.74) is 4.75. The number of rotatable bonds is 12. The van der Waals surface area contributed by atoms with Crippen molar-refractivity contribution < 1.29 is 0 Å². The number of fused-ring (bicyclic) bond motifs is 6. The van der Waals surface area contributed by atoms with Gasteiger partial charge in [-0.15, -0.1) is 26.5 Å². The average Bonchev–Trinajstić information content (AvgIpc) is 4.13. The van der Waals surface area contributed by atoms with Crippen molar-refractivity contribution in [2.75, 3.05) is 0 Å². The normalized spacial score (nSPS) is 12.6. The van der Waals surface area contributed by atoms with E-state index in [1.54, 1.807) is 0 Å². The highest BCUT2D eigenvalue weighted by molar-refractivity contribution is 8.37. The summed E-state index contributed by atoms with van der Waals surface area (Å²) in [4.78, 5) is 29.9. The highest BCUT2D eigenvalue weighted by atomic mass is 32.3. The molecule has 0 N–H and O–H groups in total. The molecule has 0 saturated carbocycles.